The normalized spacial score (nSPS) is 12.4. The monoisotopic (exact) mass is 196 g/mol. The van der Waals surface area contributed by atoms with Crippen molar-refractivity contribution in [1.82, 2.24) is 0 Å². The van der Waals surface area contributed by atoms with Crippen LogP contribution in [-0.2, 0) is 0 Å². The third-order valence-corrected chi connectivity index (χ3v) is 2.22. The second-order valence-corrected chi connectivity index (χ2v) is 3.24. The Balaban J connectivity index is 3.23. The standard InChI is InChI=1S/C11H16O3/c1-7-5-10(13-3)11(14-4)6-9(7)8(2)12/h5-6,8,12H,1-4H3. The van der Waals surface area contributed by atoms with Gasteiger partial charge >= 0.3 is 0 Å². The zero-order chi connectivity index (χ0) is 10.7. The van der Waals surface area contributed by atoms with Gasteiger partial charge < -0.3 is 14.6 Å². The van der Waals surface area contributed by atoms with Gasteiger partial charge in [-0.3, -0.25) is 0 Å². The van der Waals surface area contributed by atoms with Crippen molar-refractivity contribution >= 4 is 0 Å². The Hall–Kier alpha value is -1.22. The van der Waals surface area contributed by atoms with Gasteiger partial charge in [0.1, 0.15) is 0 Å². The minimum Gasteiger partial charge on any atom is -0.493 e. The highest BCUT2D eigenvalue weighted by molar-refractivity contribution is 5.47. The summed E-state index contributed by atoms with van der Waals surface area (Å²) in [5, 5.41) is 9.49. The van der Waals surface area contributed by atoms with Gasteiger partial charge in [0.2, 0.25) is 0 Å². The van der Waals surface area contributed by atoms with E-state index in [1.54, 1.807) is 27.2 Å². The number of ether oxygens (including phenoxy) is 2. The van der Waals surface area contributed by atoms with Crippen LogP contribution in [0.3, 0.4) is 0 Å². The van der Waals surface area contributed by atoms with E-state index < -0.39 is 6.10 Å². The molecule has 0 saturated heterocycles. The highest BCUT2D eigenvalue weighted by Gasteiger charge is 2.11. The van der Waals surface area contributed by atoms with Crippen molar-refractivity contribution in [1.29, 1.82) is 0 Å². The van der Waals surface area contributed by atoms with Gasteiger partial charge in [0.25, 0.3) is 0 Å². The fraction of sp³-hybridized carbons (Fsp3) is 0.455. The van der Waals surface area contributed by atoms with Crippen molar-refractivity contribution in [3.05, 3.63) is 23.3 Å². The summed E-state index contributed by atoms with van der Waals surface area (Å²) >= 11 is 0. The molecule has 0 aliphatic carbocycles. The SMILES string of the molecule is COc1cc(C)c(C(C)O)cc1OC. The van der Waals surface area contributed by atoms with Crippen molar-refractivity contribution in [2.45, 2.75) is 20.0 Å². The van der Waals surface area contributed by atoms with E-state index in [9.17, 15) is 5.11 Å². The molecule has 0 aliphatic rings. The molecule has 0 amide bonds. The Labute approximate surface area is 84.3 Å². The second kappa shape index (κ2) is 4.33. The summed E-state index contributed by atoms with van der Waals surface area (Å²) in [6.07, 6.45) is -0.491. The molecule has 0 spiro atoms. The predicted molar refractivity (Wildman–Crippen MR) is 54.9 cm³/mol. The lowest BCUT2D eigenvalue weighted by atomic mass is 10.0. The molecule has 0 aliphatic heterocycles. The number of aryl methyl sites for hydroxylation is 1. The zero-order valence-corrected chi connectivity index (χ0v) is 9.00. The lowest BCUT2D eigenvalue weighted by Gasteiger charge is -2.14. The highest BCUT2D eigenvalue weighted by Crippen LogP contribution is 2.32. The quantitative estimate of drug-likeness (QED) is 0.804. The molecule has 1 unspecified atom stereocenters. The van der Waals surface area contributed by atoms with Crippen molar-refractivity contribution in [3.63, 3.8) is 0 Å². The Morgan fingerprint density at radius 2 is 1.64 bits per heavy atom. The van der Waals surface area contributed by atoms with Gasteiger partial charge in [0.05, 0.1) is 20.3 Å². The first kappa shape index (κ1) is 10.9. The first-order valence-corrected chi connectivity index (χ1v) is 4.50. The molecule has 0 saturated carbocycles. The fourth-order valence-corrected chi connectivity index (χ4v) is 1.45. The summed E-state index contributed by atoms with van der Waals surface area (Å²) in [5.41, 5.74) is 1.86. The van der Waals surface area contributed by atoms with Crippen LogP contribution >= 0.6 is 0 Å². The summed E-state index contributed by atoms with van der Waals surface area (Å²) in [6.45, 7) is 3.66. The molecule has 1 N–H and O–H groups in total. The smallest absolute Gasteiger partial charge is 0.161 e. The zero-order valence-electron chi connectivity index (χ0n) is 9.00. The lowest BCUT2D eigenvalue weighted by molar-refractivity contribution is 0.198. The van der Waals surface area contributed by atoms with E-state index in [1.165, 1.54) is 0 Å². The lowest BCUT2D eigenvalue weighted by Crippen LogP contribution is -1.98. The predicted octanol–water partition coefficient (Wildman–Crippen LogP) is 2.07. The third kappa shape index (κ3) is 1.99. The fourth-order valence-electron chi connectivity index (χ4n) is 1.45. The average Bonchev–Trinajstić information content (AvgIpc) is 2.16. The Bertz CT molecular complexity index is 319. The van der Waals surface area contributed by atoms with Crippen LogP contribution in [0.4, 0.5) is 0 Å². The molecule has 1 atom stereocenters. The molecule has 78 valence electrons. The van der Waals surface area contributed by atoms with Crippen molar-refractivity contribution in [2.75, 3.05) is 14.2 Å². The number of hydrogen-bond acceptors (Lipinski definition) is 3. The van der Waals surface area contributed by atoms with Gasteiger partial charge in [-0.1, -0.05) is 0 Å². The highest BCUT2D eigenvalue weighted by atomic mass is 16.5. The van der Waals surface area contributed by atoms with Crippen molar-refractivity contribution in [3.8, 4) is 11.5 Å². The minimum atomic E-state index is -0.491. The average molecular weight is 196 g/mol. The van der Waals surface area contributed by atoms with E-state index in [4.69, 9.17) is 9.47 Å². The molecule has 0 aromatic heterocycles. The number of rotatable bonds is 3. The van der Waals surface area contributed by atoms with Gasteiger partial charge in [0.15, 0.2) is 11.5 Å². The third-order valence-electron chi connectivity index (χ3n) is 2.22. The van der Waals surface area contributed by atoms with Crippen molar-refractivity contribution < 1.29 is 14.6 Å². The van der Waals surface area contributed by atoms with E-state index >= 15 is 0 Å². The Morgan fingerprint density at radius 1 is 1.14 bits per heavy atom. The van der Waals surface area contributed by atoms with Gasteiger partial charge in [0, 0.05) is 0 Å². The number of aliphatic hydroxyl groups is 1. The maximum Gasteiger partial charge on any atom is 0.161 e. The molecular formula is C11H16O3. The van der Waals surface area contributed by atoms with Crippen LogP contribution in [0.1, 0.15) is 24.2 Å². The first-order valence-electron chi connectivity index (χ1n) is 4.50. The first-order chi connectivity index (χ1) is 6.60. The summed E-state index contributed by atoms with van der Waals surface area (Å²) in [5.74, 6) is 1.34. The van der Waals surface area contributed by atoms with Gasteiger partial charge in [-0.25, -0.2) is 0 Å². The Morgan fingerprint density at radius 3 is 2.07 bits per heavy atom. The van der Waals surface area contributed by atoms with Crippen LogP contribution < -0.4 is 9.47 Å². The minimum absolute atomic E-state index is 0.491. The number of methoxy groups -OCH3 is 2. The van der Waals surface area contributed by atoms with E-state index in [2.05, 4.69) is 0 Å². The molecule has 0 bridgehead atoms. The van der Waals surface area contributed by atoms with Gasteiger partial charge in [-0.05, 0) is 37.1 Å². The largest absolute Gasteiger partial charge is 0.493 e. The van der Waals surface area contributed by atoms with E-state index in [0.29, 0.717) is 11.5 Å². The van der Waals surface area contributed by atoms with Crippen LogP contribution in [0.25, 0.3) is 0 Å². The molecule has 14 heavy (non-hydrogen) atoms. The van der Waals surface area contributed by atoms with Crippen LogP contribution in [0.2, 0.25) is 0 Å². The van der Waals surface area contributed by atoms with Crippen LogP contribution in [0, 0.1) is 6.92 Å². The van der Waals surface area contributed by atoms with Crippen LogP contribution in [0.5, 0.6) is 11.5 Å². The molecule has 0 fully saturated rings. The molecule has 0 heterocycles. The van der Waals surface area contributed by atoms with E-state index in [-0.39, 0.29) is 0 Å². The molecule has 0 radical (unpaired) electrons. The molecule has 3 nitrogen and oxygen atoms in total. The number of benzene rings is 1. The Kier molecular flexibility index (Phi) is 3.36. The summed E-state index contributed by atoms with van der Waals surface area (Å²) in [4.78, 5) is 0. The summed E-state index contributed by atoms with van der Waals surface area (Å²) in [6, 6.07) is 3.67. The van der Waals surface area contributed by atoms with Crippen molar-refractivity contribution in [2.24, 2.45) is 0 Å². The second-order valence-electron chi connectivity index (χ2n) is 3.24. The van der Waals surface area contributed by atoms with E-state index in [1.807, 2.05) is 13.0 Å². The summed E-state index contributed by atoms with van der Waals surface area (Å²) in [7, 11) is 3.18. The van der Waals surface area contributed by atoms with Gasteiger partial charge in [-0.15, -0.1) is 0 Å². The van der Waals surface area contributed by atoms with Gasteiger partial charge in [-0.2, -0.15) is 0 Å². The van der Waals surface area contributed by atoms with Crippen LogP contribution in [0.15, 0.2) is 12.1 Å². The summed E-state index contributed by atoms with van der Waals surface area (Å²) < 4.78 is 10.3. The molecule has 3 heteroatoms. The molecular weight excluding hydrogens is 180 g/mol. The van der Waals surface area contributed by atoms with E-state index in [0.717, 1.165) is 11.1 Å². The topological polar surface area (TPSA) is 38.7 Å². The maximum absolute atomic E-state index is 9.49. The molecule has 1 rings (SSSR count). The molecule has 1 aromatic carbocycles. The van der Waals surface area contributed by atoms with Crippen LogP contribution in [-0.4, -0.2) is 19.3 Å². The number of aliphatic hydroxyl groups excluding tert-OH is 1. The number of hydrogen-bond donors (Lipinski definition) is 1. The maximum atomic E-state index is 9.49. The molecule has 1 aromatic rings.